The number of carbonyl (C=O) groups is 1. The average Bonchev–Trinajstić information content (AvgIpc) is 2.84. The Labute approximate surface area is 119 Å². The molecule has 4 fully saturated rings. The lowest BCUT2D eigenvalue weighted by Gasteiger charge is -2.57. The van der Waals surface area contributed by atoms with Crippen molar-refractivity contribution in [2.24, 2.45) is 23.2 Å². The van der Waals surface area contributed by atoms with Crippen molar-refractivity contribution in [1.29, 1.82) is 0 Å². The Bertz CT molecular complexity index is 499. The molecule has 4 bridgehead atoms. The first-order valence-corrected chi connectivity index (χ1v) is 7.88. The molecule has 4 aliphatic rings. The maximum Gasteiger partial charge on any atom is 0.338 e. The molecule has 0 radical (unpaired) electrons. The van der Waals surface area contributed by atoms with Gasteiger partial charge in [0.2, 0.25) is 0 Å². The average molecular weight is 274 g/mol. The van der Waals surface area contributed by atoms with Gasteiger partial charge in [0, 0.05) is 12.7 Å². The van der Waals surface area contributed by atoms with Crippen molar-refractivity contribution >= 4 is 5.97 Å². The van der Waals surface area contributed by atoms with Crippen molar-refractivity contribution in [1.82, 2.24) is 9.78 Å². The van der Waals surface area contributed by atoms with Gasteiger partial charge in [-0.3, -0.25) is 4.68 Å². The molecule has 4 saturated carbocycles. The Kier molecular flexibility index (Phi) is 2.69. The number of hydrogen-bond acceptors (Lipinski definition) is 2. The summed E-state index contributed by atoms with van der Waals surface area (Å²) in [6, 6.07) is 0. The van der Waals surface area contributed by atoms with Crippen LogP contribution in [0.15, 0.2) is 12.4 Å². The highest BCUT2D eigenvalue weighted by atomic mass is 16.4. The van der Waals surface area contributed by atoms with Crippen LogP contribution in [-0.4, -0.2) is 20.9 Å². The Hall–Kier alpha value is -1.32. The minimum Gasteiger partial charge on any atom is -0.478 e. The summed E-state index contributed by atoms with van der Waals surface area (Å²) in [7, 11) is 0. The molecule has 1 aromatic heterocycles. The van der Waals surface area contributed by atoms with Gasteiger partial charge in [-0.25, -0.2) is 4.79 Å². The van der Waals surface area contributed by atoms with Gasteiger partial charge in [-0.1, -0.05) is 0 Å². The van der Waals surface area contributed by atoms with Gasteiger partial charge in [0.1, 0.15) is 0 Å². The Morgan fingerprint density at radius 2 is 1.85 bits per heavy atom. The van der Waals surface area contributed by atoms with Crippen molar-refractivity contribution < 1.29 is 9.90 Å². The lowest BCUT2D eigenvalue weighted by atomic mass is 9.49. The number of carboxylic acids is 1. The second kappa shape index (κ2) is 4.34. The fraction of sp³-hybridized carbons (Fsp3) is 0.750. The Balaban J connectivity index is 1.45. The molecule has 4 aliphatic carbocycles. The molecule has 0 atom stereocenters. The van der Waals surface area contributed by atoms with E-state index in [4.69, 9.17) is 5.11 Å². The van der Waals surface area contributed by atoms with E-state index in [1.165, 1.54) is 51.1 Å². The van der Waals surface area contributed by atoms with Crippen LogP contribution in [0.4, 0.5) is 0 Å². The van der Waals surface area contributed by atoms with E-state index in [2.05, 4.69) is 5.10 Å². The Morgan fingerprint density at radius 3 is 2.35 bits per heavy atom. The first-order valence-electron chi connectivity index (χ1n) is 7.88. The molecule has 1 N–H and O–H groups in total. The van der Waals surface area contributed by atoms with Crippen LogP contribution in [0.25, 0.3) is 0 Å². The molecule has 4 nitrogen and oxygen atoms in total. The van der Waals surface area contributed by atoms with E-state index in [0.29, 0.717) is 11.0 Å². The molecule has 5 rings (SSSR count). The van der Waals surface area contributed by atoms with Gasteiger partial charge in [0.15, 0.2) is 0 Å². The zero-order chi connectivity index (χ0) is 13.7. The molecule has 1 heterocycles. The topological polar surface area (TPSA) is 55.1 Å². The minimum absolute atomic E-state index is 0.301. The summed E-state index contributed by atoms with van der Waals surface area (Å²) >= 11 is 0. The molecule has 0 unspecified atom stereocenters. The lowest BCUT2D eigenvalue weighted by Crippen LogP contribution is -2.46. The van der Waals surface area contributed by atoms with E-state index in [0.717, 1.165) is 24.3 Å². The van der Waals surface area contributed by atoms with Crippen molar-refractivity contribution in [2.75, 3.05) is 0 Å². The highest BCUT2D eigenvalue weighted by Crippen LogP contribution is 2.61. The molecule has 0 spiro atoms. The zero-order valence-corrected chi connectivity index (χ0v) is 11.8. The van der Waals surface area contributed by atoms with Crippen LogP contribution in [-0.2, 0) is 6.54 Å². The standard InChI is InChI=1S/C16H22N2O2/c19-15(20)14-9-17-18(10-14)2-1-16-6-11-3-12(7-16)5-13(4-11)8-16/h9-13H,1-8H2,(H,19,20). The molecule has 0 aromatic carbocycles. The highest BCUT2D eigenvalue weighted by molar-refractivity contribution is 5.86. The van der Waals surface area contributed by atoms with E-state index in [1.54, 1.807) is 6.20 Å². The second-order valence-corrected chi connectivity index (χ2v) is 7.46. The van der Waals surface area contributed by atoms with Crippen LogP contribution in [0.2, 0.25) is 0 Å². The molecule has 1 aromatic rings. The predicted octanol–water partition coefficient (Wildman–Crippen LogP) is 3.19. The number of rotatable bonds is 4. The lowest BCUT2D eigenvalue weighted by molar-refractivity contribution is -0.0595. The molecular weight excluding hydrogens is 252 g/mol. The van der Waals surface area contributed by atoms with E-state index < -0.39 is 5.97 Å². The van der Waals surface area contributed by atoms with Gasteiger partial charge in [-0.05, 0) is 68.1 Å². The van der Waals surface area contributed by atoms with Crippen molar-refractivity contribution in [3.05, 3.63) is 18.0 Å². The van der Waals surface area contributed by atoms with Gasteiger partial charge >= 0.3 is 5.97 Å². The summed E-state index contributed by atoms with van der Waals surface area (Å²) < 4.78 is 1.82. The molecule has 4 heteroatoms. The number of aryl methyl sites for hydroxylation is 1. The number of aromatic carboxylic acids is 1. The number of nitrogens with zero attached hydrogens (tertiary/aromatic N) is 2. The third-order valence-electron chi connectivity index (χ3n) is 5.92. The van der Waals surface area contributed by atoms with E-state index >= 15 is 0 Å². The summed E-state index contributed by atoms with van der Waals surface area (Å²) in [5, 5.41) is 13.1. The molecule has 108 valence electrons. The SMILES string of the molecule is O=C(O)c1cnn(CCC23CC4CC(CC(C4)C2)C3)c1. The van der Waals surface area contributed by atoms with Crippen LogP contribution >= 0.6 is 0 Å². The summed E-state index contributed by atoms with van der Waals surface area (Å²) in [4.78, 5) is 10.9. The van der Waals surface area contributed by atoms with E-state index in [-0.39, 0.29) is 0 Å². The summed E-state index contributed by atoms with van der Waals surface area (Å²) in [5.41, 5.74) is 0.847. The minimum atomic E-state index is -0.883. The fourth-order valence-corrected chi connectivity index (χ4v) is 5.54. The molecular formula is C16H22N2O2. The van der Waals surface area contributed by atoms with Gasteiger partial charge in [0.25, 0.3) is 0 Å². The number of hydrogen-bond donors (Lipinski definition) is 1. The van der Waals surface area contributed by atoms with E-state index in [1.807, 2.05) is 4.68 Å². The van der Waals surface area contributed by atoms with Crippen LogP contribution < -0.4 is 0 Å². The molecule has 0 saturated heterocycles. The third kappa shape index (κ3) is 2.05. The predicted molar refractivity (Wildman–Crippen MR) is 74.4 cm³/mol. The maximum absolute atomic E-state index is 10.9. The second-order valence-electron chi connectivity index (χ2n) is 7.46. The van der Waals surface area contributed by atoms with Gasteiger partial charge < -0.3 is 5.11 Å². The summed E-state index contributed by atoms with van der Waals surface area (Å²) in [5.74, 6) is 2.06. The van der Waals surface area contributed by atoms with Crippen LogP contribution in [0.1, 0.15) is 55.3 Å². The van der Waals surface area contributed by atoms with Gasteiger partial charge in [-0.2, -0.15) is 5.10 Å². The number of carboxylic acid groups (broad SMARTS) is 1. The zero-order valence-electron chi connectivity index (χ0n) is 11.8. The smallest absolute Gasteiger partial charge is 0.338 e. The van der Waals surface area contributed by atoms with Crippen molar-refractivity contribution in [3.8, 4) is 0 Å². The quantitative estimate of drug-likeness (QED) is 0.917. The van der Waals surface area contributed by atoms with Gasteiger partial charge in [0.05, 0.1) is 11.8 Å². The van der Waals surface area contributed by atoms with Crippen LogP contribution in [0.5, 0.6) is 0 Å². The van der Waals surface area contributed by atoms with Crippen molar-refractivity contribution in [3.63, 3.8) is 0 Å². The fourth-order valence-electron chi connectivity index (χ4n) is 5.54. The molecule has 0 amide bonds. The number of aromatic nitrogens is 2. The highest BCUT2D eigenvalue weighted by Gasteiger charge is 2.50. The summed E-state index contributed by atoms with van der Waals surface area (Å²) in [6.07, 6.45) is 13.0. The monoisotopic (exact) mass is 274 g/mol. The largest absolute Gasteiger partial charge is 0.478 e. The van der Waals surface area contributed by atoms with Crippen LogP contribution in [0.3, 0.4) is 0 Å². The molecule has 0 aliphatic heterocycles. The normalized spacial score (nSPS) is 38.3. The van der Waals surface area contributed by atoms with Crippen LogP contribution in [0, 0.1) is 23.2 Å². The van der Waals surface area contributed by atoms with Gasteiger partial charge in [-0.15, -0.1) is 0 Å². The van der Waals surface area contributed by atoms with E-state index in [9.17, 15) is 4.79 Å². The maximum atomic E-state index is 10.9. The first-order chi connectivity index (χ1) is 9.62. The third-order valence-corrected chi connectivity index (χ3v) is 5.92. The van der Waals surface area contributed by atoms with Crippen molar-refractivity contribution in [2.45, 2.75) is 51.5 Å². The Morgan fingerprint density at radius 1 is 1.25 bits per heavy atom. The first kappa shape index (κ1) is 12.4. The summed E-state index contributed by atoms with van der Waals surface area (Å²) in [6.45, 7) is 0.874. The molecule has 20 heavy (non-hydrogen) atoms.